The Morgan fingerprint density at radius 1 is 1.14 bits per heavy atom. The van der Waals surface area contributed by atoms with Crippen molar-refractivity contribution < 1.29 is 0 Å². The first-order valence-electron chi connectivity index (χ1n) is 2.23. The second-order valence-corrected chi connectivity index (χ2v) is 14.2. The zero-order chi connectivity index (χ0) is 6.08. The molecule has 0 N–H and O–H groups in total. The van der Waals surface area contributed by atoms with E-state index in [9.17, 15) is 0 Å². The van der Waals surface area contributed by atoms with Crippen LogP contribution in [0.2, 0.25) is 5.04 Å². The summed E-state index contributed by atoms with van der Waals surface area (Å²) in [6.45, 7) is 6.69. The van der Waals surface area contributed by atoms with Gasteiger partial charge in [0.15, 0.2) is 6.04 Å². The molecule has 0 aliphatic carbocycles. The molecule has 0 bridgehead atoms. The van der Waals surface area contributed by atoms with Crippen LogP contribution < -0.4 is 0 Å². The predicted octanol–water partition coefficient (Wildman–Crippen LogP) is 2.80. The van der Waals surface area contributed by atoms with Crippen LogP contribution in [0.5, 0.6) is 0 Å². The number of hydrogen-bond acceptors (Lipinski definition) is 0. The van der Waals surface area contributed by atoms with Gasteiger partial charge in [0, 0.05) is 0 Å². The van der Waals surface area contributed by atoms with Gasteiger partial charge < -0.3 is 0 Å². The second kappa shape index (κ2) is 2.64. The van der Waals surface area contributed by atoms with Gasteiger partial charge in [0.25, 0.3) is 0 Å². The van der Waals surface area contributed by atoms with Gasteiger partial charge in [-0.1, -0.05) is 20.8 Å². The van der Waals surface area contributed by atoms with Gasteiger partial charge in [0.2, 0.25) is 0 Å². The van der Waals surface area contributed by atoms with Crippen LogP contribution in [-0.2, 0) is 0 Å². The standard InChI is InChI=1S/C4H10Br2Si/c1-4(2,3)7(5)6/h7H,1-3H3. The molecule has 0 atom stereocenters. The van der Waals surface area contributed by atoms with Gasteiger partial charge in [0.1, 0.15) is 0 Å². The van der Waals surface area contributed by atoms with E-state index in [1.54, 1.807) is 0 Å². The minimum atomic E-state index is -0.734. The molecule has 0 amide bonds. The Labute approximate surface area is 62.4 Å². The summed E-state index contributed by atoms with van der Waals surface area (Å²) < 4.78 is 0. The van der Waals surface area contributed by atoms with Crippen LogP contribution in [-0.4, -0.2) is 6.04 Å². The van der Waals surface area contributed by atoms with Crippen LogP contribution in [0.25, 0.3) is 0 Å². The molecule has 0 radical (unpaired) electrons. The molecule has 44 valence electrons. The van der Waals surface area contributed by atoms with Crippen molar-refractivity contribution in [2.75, 3.05) is 0 Å². The molecule has 0 saturated carbocycles. The molecule has 0 saturated heterocycles. The van der Waals surface area contributed by atoms with E-state index in [1.807, 2.05) is 0 Å². The molecule has 7 heavy (non-hydrogen) atoms. The minimum Gasteiger partial charge on any atom is -0.115 e. The maximum atomic E-state index is 3.55. The lowest BCUT2D eigenvalue weighted by atomic mass is 10.3. The van der Waals surface area contributed by atoms with Gasteiger partial charge in [-0.2, -0.15) is 0 Å². The van der Waals surface area contributed by atoms with E-state index in [0.717, 1.165) is 0 Å². The lowest BCUT2D eigenvalue weighted by Gasteiger charge is -2.17. The summed E-state index contributed by atoms with van der Waals surface area (Å²) in [4.78, 5) is 0. The average Bonchev–Trinajstić information content (AvgIpc) is 1.31. The maximum absolute atomic E-state index is 3.55. The molecular formula is C4H10Br2Si. The van der Waals surface area contributed by atoms with Crippen molar-refractivity contribution in [3.8, 4) is 0 Å². The molecule has 3 heteroatoms. The van der Waals surface area contributed by atoms with E-state index < -0.39 is 6.04 Å². The molecule has 0 fully saturated rings. The Balaban J connectivity index is 3.54. The highest BCUT2D eigenvalue weighted by molar-refractivity contribution is 9.49. The fraction of sp³-hybridized carbons (Fsp3) is 1.00. The van der Waals surface area contributed by atoms with E-state index in [1.165, 1.54) is 0 Å². The Morgan fingerprint density at radius 2 is 1.29 bits per heavy atom. The first-order valence-corrected chi connectivity index (χ1v) is 9.17. The molecule has 0 aliphatic rings. The first kappa shape index (κ1) is 8.18. The zero-order valence-corrected chi connectivity index (χ0v) is 9.16. The van der Waals surface area contributed by atoms with E-state index in [4.69, 9.17) is 0 Å². The molecular weight excluding hydrogens is 236 g/mol. The maximum Gasteiger partial charge on any atom is 0.191 e. The summed E-state index contributed by atoms with van der Waals surface area (Å²) >= 11 is 7.10. The Hall–Kier alpha value is 1.18. The van der Waals surface area contributed by atoms with Crippen molar-refractivity contribution in [2.45, 2.75) is 25.8 Å². The Morgan fingerprint density at radius 3 is 1.29 bits per heavy atom. The molecule has 0 nitrogen and oxygen atoms in total. The lowest BCUT2D eigenvalue weighted by Crippen LogP contribution is -2.09. The van der Waals surface area contributed by atoms with Gasteiger partial charge >= 0.3 is 0 Å². The predicted molar refractivity (Wildman–Crippen MR) is 44.7 cm³/mol. The summed E-state index contributed by atoms with van der Waals surface area (Å²) in [5.74, 6) is 0. The van der Waals surface area contributed by atoms with Gasteiger partial charge in [-0.3, -0.25) is 0 Å². The van der Waals surface area contributed by atoms with Crippen LogP contribution in [0, 0.1) is 0 Å². The molecule has 0 spiro atoms. The number of halogens is 2. The van der Waals surface area contributed by atoms with Crippen LogP contribution in [0.4, 0.5) is 0 Å². The Kier molecular flexibility index (Phi) is 3.09. The van der Waals surface area contributed by atoms with E-state index in [2.05, 4.69) is 51.4 Å². The van der Waals surface area contributed by atoms with Gasteiger partial charge in [-0.05, 0) is 5.04 Å². The largest absolute Gasteiger partial charge is 0.191 e. The summed E-state index contributed by atoms with van der Waals surface area (Å²) in [6.07, 6.45) is 0. The SMILES string of the molecule is CC(C)(C)[SiH](Br)Br. The highest BCUT2D eigenvalue weighted by Crippen LogP contribution is 2.33. The highest BCUT2D eigenvalue weighted by Gasteiger charge is 2.19. The van der Waals surface area contributed by atoms with E-state index in [0.29, 0.717) is 5.04 Å². The monoisotopic (exact) mass is 244 g/mol. The lowest BCUT2D eigenvalue weighted by molar-refractivity contribution is 0.762. The van der Waals surface area contributed by atoms with Crippen molar-refractivity contribution in [2.24, 2.45) is 0 Å². The highest BCUT2D eigenvalue weighted by atomic mass is 79.9. The molecule has 0 aromatic carbocycles. The topological polar surface area (TPSA) is 0 Å². The third-order valence-electron chi connectivity index (χ3n) is 0.655. The number of hydrogen-bond donors (Lipinski definition) is 0. The van der Waals surface area contributed by atoms with Gasteiger partial charge in [-0.25, -0.2) is 0 Å². The average molecular weight is 246 g/mol. The Bertz CT molecular complexity index is 55.2. The quantitative estimate of drug-likeness (QED) is 0.455. The molecule has 0 aromatic rings. The van der Waals surface area contributed by atoms with Gasteiger partial charge in [0.05, 0.1) is 0 Å². The van der Waals surface area contributed by atoms with Crippen LogP contribution in [0.3, 0.4) is 0 Å². The van der Waals surface area contributed by atoms with Crippen molar-refractivity contribution >= 4 is 36.6 Å². The summed E-state index contributed by atoms with van der Waals surface area (Å²) in [5.41, 5.74) is 0. The second-order valence-electron chi connectivity index (χ2n) is 2.67. The van der Waals surface area contributed by atoms with Crippen molar-refractivity contribution in [3.05, 3.63) is 0 Å². The fourth-order valence-electron chi connectivity index (χ4n) is 0. The minimum absolute atomic E-state index is 0.472. The normalized spacial score (nSPS) is 12.9. The molecule has 0 aliphatic heterocycles. The van der Waals surface area contributed by atoms with Crippen LogP contribution >= 0.6 is 30.6 Å². The van der Waals surface area contributed by atoms with Crippen LogP contribution in [0.15, 0.2) is 0 Å². The third kappa shape index (κ3) is 3.73. The summed E-state index contributed by atoms with van der Waals surface area (Å²) in [7, 11) is 0. The third-order valence-corrected chi connectivity index (χ3v) is 10.2. The van der Waals surface area contributed by atoms with Crippen LogP contribution in [0.1, 0.15) is 20.8 Å². The smallest absolute Gasteiger partial charge is 0.115 e. The molecule has 0 rings (SSSR count). The zero-order valence-electron chi connectivity index (χ0n) is 4.83. The molecule has 0 unspecified atom stereocenters. The fourth-order valence-corrected chi connectivity index (χ4v) is 0. The molecule has 0 aromatic heterocycles. The number of rotatable bonds is 0. The van der Waals surface area contributed by atoms with E-state index >= 15 is 0 Å². The summed E-state index contributed by atoms with van der Waals surface area (Å²) in [5, 5.41) is 0.472. The summed E-state index contributed by atoms with van der Waals surface area (Å²) in [6, 6.07) is -0.734. The van der Waals surface area contributed by atoms with Crippen molar-refractivity contribution in [3.63, 3.8) is 0 Å². The molecule has 0 heterocycles. The van der Waals surface area contributed by atoms with Crippen molar-refractivity contribution in [1.82, 2.24) is 0 Å². The van der Waals surface area contributed by atoms with Gasteiger partial charge in [-0.15, -0.1) is 30.6 Å². The van der Waals surface area contributed by atoms with E-state index in [-0.39, 0.29) is 0 Å². The first-order chi connectivity index (χ1) is 2.94. The van der Waals surface area contributed by atoms with Crippen molar-refractivity contribution in [1.29, 1.82) is 0 Å².